The largest absolute Gasteiger partial charge is 0.458 e. The number of ether oxygens (including phenoxy) is 10. The first-order valence-corrected chi connectivity index (χ1v) is 25.2. The number of esters is 3. The minimum Gasteiger partial charge on any atom is -0.458 e. The van der Waals surface area contributed by atoms with Gasteiger partial charge in [0.15, 0.2) is 36.7 Å². The van der Waals surface area contributed by atoms with E-state index in [9.17, 15) is 24.0 Å². The van der Waals surface area contributed by atoms with Crippen molar-refractivity contribution in [3.8, 4) is 0 Å². The highest BCUT2D eigenvalue weighted by Gasteiger charge is 2.54. The van der Waals surface area contributed by atoms with E-state index in [0.29, 0.717) is 17.5 Å². The van der Waals surface area contributed by atoms with Gasteiger partial charge in [-0.15, -0.1) is 0 Å². The number of cyclic esters (lactones) is 1. The Morgan fingerprint density at radius 1 is 0.795 bits per heavy atom. The molecule has 16 atom stereocenters. The molecule has 0 bridgehead atoms. The summed E-state index contributed by atoms with van der Waals surface area (Å²) in [6.07, 6.45) is -4.05. The Kier molecular flexibility index (Phi) is 19.3. The summed E-state index contributed by atoms with van der Waals surface area (Å²) in [7, 11) is 6.82. The Bertz CT molecular complexity index is 2350. The minimum atomic E-state index is -1.35. The van der Waals surface area contributed by atoms with Crippen molar-refractivity contribution in [3.05, 3.63) is 102 Å². The van der Waals surface area contributed by atoms with E-state index < -0.39 is 108 Å². The number of carbonyl (C=O) groups excluding carboxylic acids is 5. The van der Waals surface area contributed by atoms with Gasteiger partial charge in [0.1, 0.15) is 18.0 Å². The van der Waals surface area contributed by atoms with Gasteiger partial charge in [0.25, 0.3) is 0 Å². The van der Waals surface area contributed by atoms with Crippen LogP contribution in [0.15, 0.2) is 91.0 Å². The topological polar surface area (TPSA) is 199 Å². The van der Waals surface area contributed by atoms with Crippen molar-refractivity contribution >= 4 is 29.8 Å². The molecule has 3 aliphatic heterocycles. The lowest BCUT2D eigenvalue weighted by Gasteiger charge is -2.50. The SMILES string of the molecule is CC[C@H]1OC(=O)[C@H](C)[C@@H](OC2C[C@@](C)(OC)[C@@H](OC(=O)c3ccccc3)[C@H](C)O2)[C@H](C)[C@@H](OC2O[C@H](C)C[C@H](N(C)C)[C@H]2OC(=O)c2ccccc2)[C@@](C)(OC)C[C@@H](C)C(=O)/C(C)=C/[C@@H]1OC(=O)n1ccnc1. The van der Waals surface area contributed by atoms with Gasteiger partial charge in [-0.1, -0.05) is 57.2 Å². The van der Waals surface area contributed by atoms with Crippen molar-refractivity contribution in [1.29, 1.82) is 0 Å². The Morgan fingerprint density at radius 2 is 1.40 bits per heavy atom. The van der Waals surface area contributed by atoms with E-state index >= 15 is 0 Å². The second-order valence-corrected chi connectivity index (χ2v) is 20.3. The highest BCUT2D eigenvalue weighted by Crippen LogP contribution is 2.42. The number of allylic oxidation sites excluding steroid dienone is 1. The maximum Gasteiger partial charge on any atom is 0.419 e. The van der Waals surface area contributed by atoms with Crippen LogP contribution in [0.1, 0.15) is 109 Å². The summed E-state index contributed by atoms with van der Waals surface area (Å²) in [5.41, 5.74) is -1.54. The van der Waals surface area contributed by atoms with Crippen LogP contribution in [0.4, 0.5) is 4.79 Å². The monoisotopic (exact) mass is 1020 g/mol. The first-order chi connectivity index (χ1) is 34.6. The molecule has 2 fully saturated rings. The number of aromatic nitrogens is 2. The fourth-order valence-electron chi connectivity index (χ4n) is 10.4. The van der Waals surface area contributed by atoms with Gasteiger partial charge in [0, 0.05) is 44.9 Å². The third-order valence-electron chi connectivity index (χ3n) is 14.6. The summed E-state index contributed by atoms with van der Waals surface area (Å²) in [6, 6.07) is 16.9. The van der Waals surface area contributed by atoms with E-state index in [2.05, 4.69) is 4.98 Å². The van der Waals surface area contributed by atoms with Crippen LogP contribution in [0, 0.1) is 17.8 Å². The van der Waals surface area contributed by atoms with Crippen molar-refractivity contribution in [1.82, 2.24) is 14.5 Å². The molecule has 18 nitrogen and oxygen atoms in total. The number of rotatable bonds is 13. The Balaban J connectivity index is 1.45. The number of likely N-dealkylation sites (N-methyl/N-ethyl adjacent to an activating group) is 1. The van der Waals surface area contributed by atoms with Crippen LogP contribution in [0.3, 0.4) is 0 Å². The molecule has 3 aliphatic rings. The van der Waals surface area contributed by atoms with Gasteiger partial charge in [-0.05, 0) is 111 Å². The third-order valence-corrected chi connectivity index (χ3v) is 14.6. The fraction of sp³-hybridized carbons (Fsp3) is 0.600. The minimum absolute atomic E-state index is 0.0450. The summed E-state index contributed by atoms with van der Waals surface area (Å²) < 4.78 is 66.0. The molecule has 3 aromatic rings. The predicted octanol–water partition coefficient (Wildman–Crippen LogP) is 7.62. The van der Waals surface area contributed by atoms with Gasteiger partial charge in [-0.3, -0.25) is 9.59 Å². The fourth-order valence-corrected chi connectivity index (χ4v) is 10.4. The molecule has 0 saturated carbocycles. The van der Waals surface area contributed by atoms with Crippen LogP contribution in [0.5, 0.6) is 0 Å². The maximum absolute atomic E-state index is 14.9. The van der Waals surface area contributed by atoms with E-state index in [4.69, 9.17) is 47.4 Å². The Morgan fingerprint density at radius 3 is 1.96 bits per heavy atom. The third kappa shape index (κ3) is 13.5. The van der Waals surface area contributed by atoms with Crippen LogP contribution in [-0.2, 0) is 57.0 Å². The number of Topliss-reactive ketones (excluding diaryl/α,β-unsaturated/α-hetero) is 1. The molecule has 0 aliphatic carbocycles. The number of methoxy groups -OCH3 is 2. The quantitative estimate of drug-likeness (QED) is 0.120. The molecule has 2 saturated heterocycles. The first-order valence-electron chi connectivity index (χ1n) is 25.2. The smallest absolute Gasteiger partial charge is 0.419 e. The van der Waals surface area contributed by atoms with Crippen molar-refractivity contribution < 1.29 is 71.3 Å². The number of imidazole rings is 1. The van der Waals surface area contributed by atoms with E-state index in [1.165, 1.54) is 39.0 Å². The van der Waals surface area contributed by atoms with Gasteiger partial charge in [0.2, 0.25) is 0 Å². The predicted molar refractivity (Wildman–Crippen MR) is 266 cm³/mol. The lowest BCUT2D eigenvalue weighted by atomic mass is 9.76. The number of ketones is 1. The molecule has 0 amide bonds. The van der Waals surface area contributed by atoms with E-state index in [-0.39, 0.29) is 42.8 Å². The molecule has 2 aromatic carbocycles. The normalized spacial score (nSPS) is 35.5. The van der Waals surface area contributed by atoms with Crippen molar-refractivity contribution in [3.63, 3.8) is 0 Å². The molecule has 18 heteroatoms. The number of nitrogens with zero attached hydrogens (tertiary/aromatic N) is 3. The van der Waals surface area contributed by atoms with Crippen molar-refractivity contribution in [2.75, 3.05) is 28.3 Å². The lowest BCUT2D eigenvalue weighted by Crippen LogP contribution is -2.61. The van der Waals surface area contributed by atoms with Gasteiger partial charge in [-0.2, -0.15) is 0 Å². The van der Waals surface area contributed by atoms with Crippen molar-refractivity contribution in [2.24, 2.45) is 17.8 Å². The standard InChI is InChI=1S/C55H75N3O15/c1-14-41-42(69-53(63)58-26-25-56-31-58)27-32(2)44(59)33(3)29-54(8,64-12)47(73-52-46(40(57(10)11)28-34(4)66-52)71-50(61)38-21-17-15-18-22-38)35(5)45(36(6)49(60)68-41)70-43-30-55(9,65-13)48(37(7)67-43)72-51(62)39-23-19-16-20-24-39/h15-27,31,33-37,40-43,45-48,52H,14,28-30H2,1-13H3/b32-27+/t33-,34-,35+,36-,37+,40+,41-,42+,43?,45+,46-,47-,48+,52?,54+,55-/m1/s1. The maximum atomic E-state index is 14.9. The summed E-state index contributed by atoms with van der Waals surface area (Å²) >= 11 is 0. The second kappa shape index (κ2) is 24.8. The van der Waals surface area contributed by atoms with Crippen LogP contribution in [0.25, 0.3) is 0 Å². The molecule has 2 unspecified atom stereocenters. The molecule has 73 heavy (non-hydrogen) atoms. The highest BCUT2D eigenvalue weighted by molar-refractivity contribution is 5.96. The molecule has 4 heterocycles. The molecule has 6 rings (SSSR count). The van der Waals surface area contributed by atoms with E-state index in [0.717, 1.165) is 4.57 Å². The Labute approximate surface area is 429 Å². The number of hydrogen-bond donors (Lipinski definition) is 0. The van der Waals surface area contributed by atoms with Gasteiger partial charge in [0.05, 0.1) is 53.1 Å². The van der Waals surface area contributed by atoms with Crippen LogP contribution in [-0.4, -0.2) is 151 Å². The zero-order valence-electron chi connectivity index (χ0n) is 44.5. The number of carbonyl (C=O) groups is 5. The number of benzene rings is 2. The zero-order valence-corrected chi connectivity index (χ0v) is 44.5. The molecule has 1 aromatic heterocycles. The Hall–Kier alpha value is -5.34. The van der Waals surface area contributed by atoms with Crippen LogP contribution < -0.4 is 0 Å². The average Bonchev–Trinajstić information content (AvgIpc) is 3.93. The van der Waals surface area contributed by atoms with Gasteiger partial charge >= 0.3 is 24.0 Å². The first kappa shape index (κ1) is 56.9. The summed E-state index contributed by atoms with van der Waals surface area (Å²) in [6.45, 7) is 16.0. The van der Waals surface area contributed by atoms with Gasteiger partial charge in [-0.25, -0.2) is 23.9 Å². The molecule has 0 N–H and O–H groups in total. The lowest BCUT2D eigenvalue weighted by molar-refractivity contribution is -0.318. The van der Waals surface area contributed by atoms with Crippen LogP contribution >= 0.6 is 0 Å². The van der Waals surface area contributed by atoms with Crippen molar-refractivity contribution in [2.45, 2.75) is 167 Å². The highest BCUT2D eigenvalue weighted by atomic mass is 16.7. The molecule has 0 spiro atoms. The van der Waals surface area contributed by atoms with E-state index in [1.807, 2.05) is 45.8 Å². The van der Waals surface area contributed by atoms with Gasteiger partial charge < -0.3 is 52.3 Å². The second-order valence-electron chi connectivity index (χ2n) is 20.3. The summed E-state index contributed by atoms with van der Waals surface area (Å²) in [5.74, 6) is -4.79. The van der Waals surface area contributed by atoms with Crippen LogP contribution in [0.2, 0.25) is 0 Å². The molecule has 400 valence electrons. The molecular weight excluding hydrogens is 943 g/mol. The molecule has 0 radical (unpaired) electrons. The zero-order chi connectivity index (χ0) is 53.4. The van der Waals surface area contributed by atoms with E-state index in [1.54, 1.807) is 96.1 Å². The summed E-state index contributed by atoms with van der Waals surface area (Å²) in [4.78, 5) is 76.2. The summed E-state index contributed by atoms with van der Waals surface area (Å²) in [5, 5.41) is 0. The number of hydrogen-bond acceptors (Lipinski definition) is 17. The molecular formula is C55H75N3O15. The average molecular weight is 1020 g/mol.